The van der Waals surface area contributed by atoms with Crippen molar-refractivity contribution in [3.63, 3.8) is 0 Å². The first-order valence-electron chi connectivity index (χ1n) is 17.4. The smallest absolute Gasteiger partial charge is 1.00 e. The molecular formula is C44H48Cl2Zr. The van der Waals surface area contributed by atoms with Crippen molar-refractivity contribution in [1.29, 1.82) is 0 Å². The molecule has 1 unspecified atom stereocenters. The number of allylic oxidation sites excluding steroid dienone is 8. The summed E-state index contributed by atoms with van der Waals surface area (Å²) < 4.78 is 4.42. The van der Waals surface area contributed by atoms with Gasteiger partial charge in [0.2, 0.25) is 0 Å². The molecule has 1 fully saturated rings. The van der Waals surface area contributed by atoms with Gasteiger partial charge in [0.1, 0.15) is 0 Å². The van der Waals surface area contributed by atoms with E-state index < -0.39 is 21.3 Å². The van der Waals surface area contributed by atoms with Gasteiger partial charge in [0.05, 0.1) is 0 Å². The zero-order valence-electron chi connectivity index (χ0n) is 29.4. The van der Waals surface area contributed by atoms with Crippen molar-refractivity contribution in [2.75, 3.05) is 0 Å². The molecule has 0 radical (unpaired) electrons. The molecule has 0 saturated heterocycles. The van der Waals surface area contributed by atoms with E-state index in [-0.39, 0.29) is 35.6 Å². The Bertz CT molecular complexity index is 1870. The molecule has 1 atom stereocenters. The van der Waals surface area contributed by atoms with Crippen molar-refractivity contribution in [3.05, 3.63) is 121 Å². The SMILES string of the molecule is CC1=CC(C)(C)c2cc3c(cc21)-c1cc2c(cc1[CH]3[Zr+2]([C]1=C(C)C(c3ccccc3)=CC1C)=[C]1CCCCC1)C(C)(C)C=C2C.[Cl-].[Cl-]. The van der Waals surface area contributed by atoms with Gasteiger partial charge in [-0.3, -0.25) is 0 Å². The fraction of sp³-hybridized carbons (Fsp3) is 0.386. The fourth-order valence-electron chi connectivity index (χ4n) is 9.89. The number of rotatable bonds is 3. The summed E-state index contributed by atoms with van der Waals surface area (Å²) in [7, 11) is 0. The van der Waals surface area contributed by atoms with Crippen molar-refractivity contribution in [1.82, 2.24) is 0 Å². The Balaban J connectivity index is 0.00000193. The average Bonchev–Trinajstić information content (AvgIpc) is 3.64. The van der Waals surface area contributed by atoms with Gasteiger partial charge < -0.3 is 24.8 Å². The van der Waals surface area contributed by atoms with Crippen LogP contribution in [0.4, 0.5) is 0 Å². The van der Waals surface area contributed by atoms with Gasteiger partial charge in [-0.2, -0.15) is 0 Å². The molecule has 5 aliphatic rings. The maximum atomic E-state index is 2.71. The van der Waals surface area contributed by atoms with Gasteiger partial charge >= 0.3 is 281 Å². The molecular weight excluding hydrogens is 691 g/mol. The van der Waals surface area contributed by atoms with Crippen molar-refractivity contribution in [2.24, 2.45) is 5.92 Å². The minimum Gasteiger partial charge on any atom is -1.00 e. The second-order valence-electron chi connectivity index (χ2n) is 15.9. The first-order chi connectivity index (χ1) is 21.5. The van der Waals surface area contributed by atoms with Crippen LogP contribution in [0.2, 0.25) is 0 Å². The standard InChI is InChI=1S/C25H25.C13H13.C6H10.2ClH.Zr/c1-14-12-24(3,4)22-8-16-7-17-9-23-19(15(2)13-25(23,5)6)11-21(17)20(16)10-18(14)22;1-10-8-11(2)13(9-10)12-6-4-3-5-7-12;1-2-4-6-5-3-1;;;/h7-13H,1-6H3;3-7,9-10H,1-2H3;1-5H2;2*1H;/q;;;;;+2/p-2. The van der Waals surface area contributed by atoms with E-state index in [4.69, 9.17) is 0 Å². The minimum absolute atomic E-state index is 0. The van der Waals surface area contributed by atoms with Gasteiger partial charge in [0, 0.05) is 0 Å². The Morgan fingerprint density at radius 3 is 1.68 bits per heavy atom. The monoisotopic (exact) mass is 736 g/mol. The summed E-state index contributed by atoms with van der Waals surface area (Å²) in [5, 5.41) is 0. The van der Waals surface area contributed by atoms with Crippen LogP contribution in [0.3, 0.4) is 0 Å². The van der Waals surface area contributed by atoms with Crippen molar-refractivity contribution in [3.8, 4) is 11.1 Å². The van der Waals surface area contributed by atoms with Crippen LogP contribution in [0.5, 0.6) is 0 Å². The van der Waals surface area contributed by atoms with E-state index in [9.17, 15) is 0 Å². The molecule has 3 aromatic carbocycles. The third-order valence-electron chi connectivity index (χ3n) is 11.9. The van der Waals surface area contributed by atoms with Crippen LogP contribution in [0.25, 0.3) is 27.8 Å². The van der Waals surface area contributed by atoms with Crippen LogP contribution in [0.1, 0.15) is 130 Å². The molecule has 3 heteroatoms. The Morgan fingerprint density at radius 2 is 1.17 bits per heavy atom. The predicted molar refractivity (Wildman–Crippen MR) is 191 cm³/mol. The van der Waals surface area contributed by atoms with E-state index >= 15 is 0 Å². The number of hydrogen-bond donors (Lipinski definition) is 0. The molecule has 242 valence electrons. The van der Waals surface area contributed by atoms with Crippen molar-refractivity contribution >= 4 is 19.9 Å². The zero-order chi connectivity index (χ0) is 31.4. The van der Waals surface area contributed by atoms with Gasteiger partial charge in [-0.25, -0.2) is 0 Å². The molecule has 0 aliphatic heterocycles. The second-order valence-corrected chi connectivity index (χ2v) is 22.4. The Kier molecular flexibility index (Phi) is 9.16. The van der Waals surface area contributed by atoms with Crippen LogP contribution >= 0.6 is 0 Å². The van der Waals surface area contributed by atoms with E-state index in [1.165, 1.54) is 76.6 Å². The second kappa shape index (κ2) is 12.4. The summed E-state index contributed by atoms with van der Waals surface area (Å²) in [6, 6.07) is 21.9. The molecule has 0 N–H and O–H groups in total. The minimum atomic E-state index is -2.49. The van der Waals surface area contributed by atoms with Crippen molar-refractivity contribution in [2.45, 2.75) is 102 Å². The average molecular weight is 739 g/mol. The van der Waals surface area contributed by atoms with Crippen LogP contribution in [-0.2, 0) is 32.1 Å². The van der Waals surface area contributed by atoms with E-state index in [1.54, 1.807) is 27.8 Å². The maximum absolute atomic E-state index is 2.71. The fourth-order valence-corrected chi connectivity index (χ4v) is 20.2. The first kappa shape index (κ1) is 34.8. The summed E-state index contributed by atoms with van der Waals surface area (Å²) in [6.45, 7) is 19.4. The Hall–Kier alpha value is -2.05. The third kappa shape index (κ3) is 5.38. The zero-order valence-corrected chi connectivity index (χ0v) is 33.3. The maximum Gasteiger partial charge on any atom is -1.00 e. The molecule has 0 amide bonds. The molecule has 0 nitrogen and oxygen atoms in total. The van der Waals surface area contributed by atoms with Crippen molar-refractivity contribution < 1.29 is 46.1 Å². The molecule has 1 saturated carbocycles. The predicted octanol–water partition coefficient (Wildman–Crippen LogP) is 5.92. The molecule has 8 rings (SSSR count). The number of benzene rings is 3. The normalized spacial score (nSPS) is 21.4. The third-order valence-corrected chi connectivity index (χ3v) is 21.4. The topological polar surface area (TPSA) is 0 Å². The van der Waals surface area contributed by atoms with E-state index in [0.717, 1.165) is 0 Å². The number of hydrogen-bond acceptors (Lipinski definition) is 0. The van der Waals surface area contributed by atoms with Crippen LogP contribution in [0, 0.1) is 5.92 Å². The quantitative estimate of drug-likeness (QED) is 0.314. The summed E-state index contributed by atoms with van der Waals surface area (Å²) >= 11 is -2.49. The Morgan fingerprint density at radius 1 is 0.660 bits per heavy atom. The molecule has 3 aromatic rings. The van der Waals surface area contributed by atoms with E-state index in [0.29, 0.717) is 9.54 Å². The molecule has 0 spiro atoms. The van der Waals surface area contributed by atoms with Gasteiger partial charge in [0.15, 0.2) is 0 Å². The van der Waals surface area contributed by atoms with Crippen LogP contribution in [-0.4, -0.2) is 3.21 Å². The molecule has 0 bridgehead atoms. The number of halogens is 2. The van der Waals surface area contributed by atoms with Gasteiger partial charge in [-0.1, -0.05) is 0 Å². The first-order valence-corrected chi connectivity index (χ1v) is 21.3. The van der Waals surface area contributed by atoms with E-state index in [2.05, 4.69) is 128 Å². The summed E-state index contributed by atoms with van der Waals surface area (Å²) in [4.78, 5) is 0. The Labute approximate surface area is 303 Å². The van der Waals surface area contributed by atoms with Gasteiger partial charge in [0.25, 0.3) is 0 Å². The van der Waals surface area contributed by atoms with Gasteiger partial charge in [-0.15, -0.1) is 0 Å². The molecule has 47 heavy (non-hydrogen) atoms. The van der Waals surface area contributed by atoms with Crippen LogP contribution < -0.4 is 24.8 Å². The molecule has 5 aliphatic carbocycles. The largest absolute Gasteiger partial charge is 1.00 e. The number of fused-ring (bicyclic) bond motifs is 5. The summed E-state index contributed by atoms with van der Waals surface area (Å²) in [5.74, 6) is 0.515. The molecule has 0 heterocycles. The van der Waals surface area contributed by atoms with Gasteiger partial charge in [-0.05, 0) is 0 Å². The molecule has 0 aromatic heterocycles. The summed E-state index contributed by atoms with van der Waals surface area (Å²) in [5.41, 5.74) is 20.0. The summed E-state index contributed by atoms with van der Waals surface area (Å²) in [6.07, 6.45) is 14.5. The van der Waals surface area contributed by atoms with Crippen LogP contribution in [0.15, 0.2) is 81.7 Å². The van der Waals surface area contributed by atoms with E-state index in [1.807, 2.05) is 6.49 Å².